The summed E-state index contributed by atoms with van der Waals surface area (Å²) in [6.07, 6.45) is 6.47. The van der Waals surface area contributed by atoms with E-state index in [0.29, 0.717) is 10.0 Å². The zero-order valence-electron chi connectivity index (χ0n) is 12.9. The van der Waals surface area contributed by atoms with E-state index in [4.69, 9.17) is 23.2 Å². The van der Waals surface area contributed by atoms with E-state index in [-0.39, 0.29) is 5.41 Å². The van der Waals surface area contributed by atoms with E-state index in [1.807, 2.05) is 19.9 Å². The van der Waals surface area contributed by atoms with Crippen LogP contribution in [0.3, 0.4) is 0 Å². The highest BCUT2D eigenvalue weighted by atomic mass is 35.5. The van der Waals surface area contributed by atoms with Crippen LogP contribution in [-0.4, -0.2) is 13.1 Å². The van der Waals surface area contributed by atoms with Crippen molar-refractivity contribution in [3.05, 3.63) is 33.8 Å². The van der Waals surface area contributed by atoms with Gasteiger partial charge in [0, 0.05) is 12.0 Å². The van der Waals surface area contributed by atoms with Gasteiger partial charge in [0.15, 0.2) is 0 Å². The molecule has 1 aromatic carbocycles. The van der Waals surface area contributed by atoms with Crippen LogP contribution in [0.25, 0.3) is 0 Å². The molecular weight excluding hydrogens is 289 g/mol. The van der Waals surface area contributed by atoms with E-state index >= 15 is 0 Å². The molecule has 0 heterocycles. The van der Waals surface area contributed by atoms with Crippen LogP contribution in [0, 0.1) is 0 Å². The molecule has 1 fully saturated rings. The van der Waals surface area contributed by atoms with Crippen LogP contribution in [0.1, 0.15) is 58.4 Å². The van der Waals surface area contributed by atoms with Gasteiger partial charge in [0.25, 0.3) is 0 Å². The van der Waals surface area contributed by atoms with Crippen LogP contribution in [-0.2, 0) is 5.41 Å². The number of hydrogen-bond acceptors (Lipinski definition) is 1. The summed E-state index contributed by atoms with van der Waals surface area (Å²) < 4.78 is 0. The normalized spacial score (nSPS) is 17.2. The number of hydrogen-bond donors (Lipinski definition) is 1. The molecule has 1 aliphatic carbocycles. The Bertz CT molecular complexity index is 398. The molecule has 0 saturated heterocycles. The third kappa shape index (κ3) is 4.38. The van der Waals surface area contributed by atoms with Crippen LogP contribution in [0.2, 0.25) is 10.0 Å². The van der Waals surface area contributed by atoms with Crippen molar-refractivity contribution in [2.45, 2.75) is 58.3 Å². The summed E-state index contributed by atoms with van der Waals surface area (Å²) in [5, 5.41) is 4.84. The summed E-state index contributed by atoms with van der Waals surface area (Å²) in [6.45, 7) is 8.22. The highest BCUT2D eigenvalue weighted by Gasteiger charge is 2.33. The first-order valence-electron chi connectivity index (χ1n) is 7.84. The Morgan fingerprint density at radius 2 is 1.70 bits per heavy atom. The molecule has 1 aliphatic rings. The van der Waals surface area contributed by atoms with Crippen molar-refractivity contribution in [1.29, 1.82) is 0 Å². The molecular formula is C17H27Cl2N. The summed E-state index contributed by atoms with van der Waals surface area (Å²) in [5.41, 5.74) is 1.60. The molecule has 0 aromatic heterocycles. The zero-order chi connectivity index (χ0) is 15.0. The molecule has 114 valence electrons. The first-order valence-corrected chi connectivity index (χ1v) is 8.60. The van der Waals surface area contributed by atoms with Gasteiger partial charge in [-0.05, 0) is 37.1 Å². The largest absolute Gasteiger partial charge is 0.316 e. The predicted molar refractivity (Wildman–Crippen MR) is 91.1 cm³/mol. The Hall–Kier alpha value is -0.240. The van der Waals surface area contributed by atoms with Gasteiger partial charge in [-0.3, -0.25) is 0 Å². The molecule has 3 heteroatoms. The molecule has 0 atom stereocenters. The maximum Gasteiger partial charge on any atom is 0.0595 e. The fourth-order valence-electron chi connectivity index (χ4n) is 2.99. The monoisotopic (exact) mass is 315 g/mol. The van der Waals surface area contributed by atoms with Crippen molar-refractivity contribution < 1.29 is 0 Å². The van der Waals surface area contributed by atoms with Gasteiger partial charge in [0.2, 0.25) is 0 Å². The molecule has 1 nitrogen and oxygen atoms in total. The van der Waals surface area contributed by atoms with Gasteiger partial charge >= 0.3 is 0 Å². The SMILES string of the molecule is CC.CCNCC1(c2ccc(Cl)c(Cl)c2)CCCCC1. The van der Waals surface area contributed by atoms with Gasteiger partial charge in [-0.15, -0.1) is 0 Å². The molecule has 0 bridgehead atoms. The number of rotatable bonds is 4. The number of benzene rings is 1. The number of halogens is 2. The third-order valence-corrected chi connectivity index (χ3v) is 4.80. The molecule has 0 aliphatic heterocycles. The lowest BCUT2D eigenvalue weighted by molar-refractivity contribution is 0.282. The molecule has 1 N–H and O–H groups in total. The van der Waals surface area contributed by atoms with Gasteiger partial charge in [-0.1, -0.05) is 69.3 Å². The molecule has 0 radical (unpaired) electrons. The fraction of sp³-hybridized carbons (Fsp3) is 0.647. The van der Waals surface area contributed by atoms with Gasteiger partial charge in [-0.2, -0.15) is 0 Å². The lowest BCUT2D eigenvalue weighted by Crippen LogP contribution is -2.39. The van der Waals surface area contributed by atoms with Crippen molar-refractivity contribution in [2.75, 3.05) is 13.1 Å². The summed E-state index contributed by atoms with van der Waals surface area (Å²) in [4.78, 5) is 0. The van der Waals surface area contributed by atoms with Gasteiger partial charge in [0.05, 0.1) is 10.0 Å². The maximum absolute atomic E-state index is 6.18. The van der Waals surface area contributed by atoms with E-state index in [1.165, 1.54) is 37.7 Å². The van der Waals surface area contributed by atoms with Crippen molar-refractivity contribution in [1.82, 2.24) is 5.32 Å². The topological polar surface area (TPSA) is 12.0 Å². The average Bonchev–Trinajstić information content (AvgIpc) is 2.51. The Kier molecular flexibility index (Phi) is 7.94. The van der Waals surface area contributed by atoms with Crippen molar-refractivity contribution in [3.8, 4) is 0 Å². The van der Waals surface area contributed by atoms with Crippen molar-refractivity contribution in [3.63, 3.8) is 0 Å². The lowest BCUT2D eigenvalue weighted by atomic mass is 9.69. The summed E-state index contributed by atoms with van der Waals surface area (Å²) in [7, 11) is 0. The van der Waals surface area contributed by atoms with E-state index in [0.717, 1.165) is 13.1 Å². The Morgan fingerprint density at radius 1 is 1.05 bits per heavy atom. The number of likely N-dealkylation sites (N-methyl/N-ethyl adjacent to an activating group) is 1. The van der Waals surface area contributed by atoms with E-state index in [9.17, 15) is 0 Å². The van der Waals surface area contributed by atoms with Crippen LogP contribution < -0.4 is 5.32 Å². The van der Waals surface area contributed by atoms with Gasteiger partial charge < -0.3 is 5.32 Å². The highest BCUT2D eigenvalue weighted by molar-refractivity contribution is 6.42. The summed E-state index contributed by atoms with van der Waals surface area (Å²) in [5.74, 6) is 0. The minimum absolute atomic E-state index is 0.252. The van der Waals surface area contributed by atoms with Gasteiger partial charge in [0.1, 0.15) is 0 Å². The van der Waals surface area contributed by atoms with E-state index in [2.05, 4.69) is 24.4 Å². The summed E-state index contributed by atoms with van der Waals surface area (Å²) >= 11 is 12.2. The van der Waals surface area contributed by atoms with Crippen molar-refractivity contribution >= 4 is 23.2 Å². The highest BCUT2D eigenvalue weighted by Crippen LogP contribution is 2.40. The summed E-state index contributed by atoms with van der Waals surface area (Å²) in [6, 6.07) is 6.14. The maximum atomic E-state index is 6.18. The van der Waals surface area contributed by atoms with Crippen molar-refractivity contribution in [2.24, 2.45) is 0 Å². The molecule has 0 unspecified atom stereocenters. The third-order valence-electron chi connectivity index (χ3n) is 4.06. The average molecular weight is 316 g/mol. The molecule has 0 spiro atoms. The second-order valence-corrected chi connectivity index (χ2v) is 6.06. The standard InChI is InChI=1S/C15H21Cl2N.C2H6/c1-2-18-11-15(8-4-3-5-9-15)12-6-7-13(16)14(17)10-12;1-2/h6-7,10,18H,2-5,8-9,11H2,1H3;1-2H3. The molecule has 1 aromatic rings. The molecule has 0 amide bonds. The smallest absolute Gasteiger partial charge is 0.0595 e. The second-order valence-electron chi connectivity index (χ2n) is 5.25. The van der Waals surface area contributed by atoms with Crippen LogP contribution in [0.5, 0.6) is 0 Å². The Labute approximate surface area is 134 Å². The minimum atomic E-state index is 0.252. The van der Waals surface area contributed by atoms with E-state index in [1.54, 1.807) is 0 Å². The Balaban J connectivity index is 0.000000956. The predicted octanol–water partition coefficient (Wildman–Crippen LogP) is 5.83. The Morgan fingerprint density at radius 3 is 2.25 bits per heavy atom. The second kappa shape index (κ2) is 8.92. The van der Waals surface area contributed by atoms with Crippen LogP contribution >= 0.6 is 23.2 Å². The van der Waals surface area contributed by atoms with Gasteiger partial charge in [-0.25, -0.2) is 0 Å². The first kappa shape index (κ1) is 17.8. The zero-order valence-corrected chi connectivity index (χ0v) is 14.4. The number of nitrogens with one attached hydrogen (secondary N) is 1. The van der Waals surface area contributed by atoms with Crippen LogP contribution in [0.15, 0.2) is 18.2 Å². The first-order chi connectivity index (χ1) is 9.68. The van der Waals surface area contributed by atoms with Crippen LogP contribution in [0.4, 0.5) is 0 Å². The minimum Gasteiger partial charge on any atom is -0.316 e. The quantitative estimate of drug-likeness (QED) is 0.737. The molecule has 2 rings (SSSR count). The molecule has 20 heavy (non-hydrogen) atoms. The lowest BCUT2D eigenvalue weighted by Gasteiger charge is -2.38. The molecule has 1 saturated carbocycles. The van der Waals surface area contributed by atoms with E-state index < -0.39 is 0 Å². The fourth-order valence-corrected chi connectivity index (χ4v) is 3.28.